The second kappa shape index (κ2) is 7.83. The molecule has 0 saturated carbocycles. The number of amides is 2. The molecule has 0 N–H and O–H groups in total. The zero-order chi connectivity index (χ0) is 20.4. The smallest absolute Gasteiger partial charge is 0.246 e. The molecule has 29 heavy (non-hydrogen) atoms. The Morgan fingerprint density at radius 2 is 1.93 bits per heavy atom. The van der Waals surface area contributed by atoms with Crippen LogP contribution in [0.3, 0.4) is 0 Å². The van der Waals surface area contributed by atoms with E-state index in [0.29, 0.717) is 11.7 Å². The van der Waals surface area contributed by atoms with Crippen LogP contribution in [0.15, 0.2) is 59.1 Å². The molecule has 1 fully saturated rings. The summed E-state index contributed by atoms with van der Waals surface area (Å²) >= 11 is 0. The highest BCUT2D eigenvalue weighted by atomic mass is 19.1. The molecule has 1 aromatic heterocycles. The number of hydrogen-bond acceptors (Lipinski definition) is 5. The highest BCUT2D eigenvalue weighted by Gasteiger charge is 2.37. The van der Waals surface area contributed by atoms with Crippen molar-refractivity contribution in [3.05, 3.63) is 66.3 Å². The lowest BCUT2D eigenvalue weighted by Gasteiger charge is -2.20. The fraction of sp³-hybridized carbons (Fsp3) is 0.238. The molecule has 1 aliphatic rings. The van der Waals surface area contributed by atoms with Crippen molar-refractivity contribution in [3.8, 4) is 11.4 Å². The van der Waals surface area contributed by atoms with Gasteiger partial charge in [0.25, 0.3) is 0 Å². The Morgan fingerprint density at radius 3 is 2.69 bits per heavy atom. The fourth-order valence-electron chi connectivity index (χ4n) is 3.39. The molecule has 2 amide bonds. The molecular weight excluding hydrogens is 375 g/mol. The summed E-state index contributed by atoms with van der Waals surface area (Å²) in [5, 5.41) is 3.94. The predicted molar refractivity (Wildman–Crippen MR) is 103 cm³/mol. The molecule has 2 heterocycles. The van der Waals surface area contributed by atoms with Gasteiger partial charge in [0, 0.05) is 25.6 Å². The zero-order valence-corrected chi connectivity index (χ0v) is 15.8. The second-order valence-electron chi connectivity index (χ2n) is 6.93. The molecule has 7 nitrogen and oxygen atoms in total. The maximum Gasteiger partial charge on any atom is 0.246 e. The highest BCUT2D eigenvalue weighted by molar-refractivity contribution is 6.00. The van der Waals surface area contributed by atoms with Crippen LogP contribution in [0.25, 0.3) is 11.4 Å². The first-order valence-corrected chi connectivity index (χ1v) is 9.21. The van der Waals surface area contributed by atoms with Crippen molar-refractivity contribution < 1.29 is 18.5 Å². The van der Waals surface area contributed by atoms with Gasteiger partial charge in [0.05, 0.1) is 18.2 Å². The minimum atomic E-state index is -0.552. The number of aromatic nitrogens is 2. The van der Waals surface area contributed by atoms with Crippen molar-refractivity contribution in [2.75, 3.05) is 18.5 Å². The monoisotopic (exact) mass is 394 g/mol. The van der Waals surface area contributed by atoms with Gasteiger partial charge in [-0.05, 0) is 12.1 Å². The number of carbonyl (C=O) groups excluding carboxylic acids is 2. The van der Waals surface area contributed by atoms with Crippen LogP contribution in [0, 0.1) is 11.7 Å². The van der Waals surface area contributed by atoms with E-state index in [2.05, 4.69) is 10.1 Å². The van der Waals surface area contributed by atoms with Gasteiger partial charge in [-0.25, -0.2) is 4.39 Å². The minimum absolute atomic E-state index is 0.0383. The van der Waals surface area contributed by atoms with Crippen molar-refractivity contribution in [2.24, 2.45) is 5.92 Å². The Labute approximate surface area is 166 Å². The molecule has 3 aromatic rings. The number of hydrogen-bond donors (Lipinski definition) is 0. The number of carbonyl (C=O) groups is 2. The number of anilines is 1. The molecule has 0 aliphatic carbocycles. The fourth-order valence-corrected chi connectivity index (χ4v) is 3.39. The summed E-state index contributed by atoms with van der Waals surface area (Å²) in [5.74, 6) is -0.786. The van der Waals surface area contributed by atoms with E-state index in [4.69, 9.17) is 4.52 Å². The molecule has 4 rings (SSSR count). The first kappa shape index (κ1) is 18.8. The van der Waals surface area contributed by atoms with Crippen molar-refractivity contribution in [3.63, 3.8) is 0 Å². The lowest BCUT2D eigenvalue weighted by molar-refractivity contribution is -0.135. The molecule has 0 radical (unpaired) electrons. The van der Waals surface area contributed by atoms with Crippen molar-refractivity contribution in [2.45, 2.75) is 13.0 Å². The van der Waals surface area contributed by atoms with Crippen LogP contribution < -0.4 is 4.90 Å². The number of benzene rings is 2. The molecular formula is C21H19FN4O3. The largest absolute Gasteiger partial charge is 0.337 e. The van der Waals surface area contributed by atoms with Gasteiger partial charge < -0.3 is 14.3 Å². The molecule has 8 heteroatoms. The Bertz CT molecular complexity index is 1040. The molecule has 1 unspecified atom stereocenters. The van der Waals surface area contributed by atoms with Crippen molar-refractivity contribution >= 4 is 17.5 Å². The molecule has 0 bridgehead atoms. The van der Waals surface area contributed by atoms with E-state index in [1.54, 1.807) is 19.2 Å². The molecule has 2 aromatic carbocycles. The van der Waals surface area contributed by atoms with Gasteiger partial charge in [-0.15, -0.1) is 0 Å². The Morgan fingerprint density at radius 1 is 1.21 bits per heavy atom. The number of halogens is 1. The van der Waals surface area contributed by atoms with E-state index in [1.165, 1.54) is 21.9 Å². The normalized spacial score (nSPS) is 16.3. The molecule has 1 saturated heterocycles. The van der Waals surface area contributed by atoms with Crippen molar-refractivity contribution in [1.29, 1.82) is 0 Å². The summed E-state index contributed by atoms with van der Waals surface area (Å²) in [6, 6.07) is 15.4. The molecule has 148 valence electrons. The third-order valence-electron chi connectivity index (χ3n) is 4.87. The van der Waals surface area contributed by atoms with E-state index in [1.807, 2.05) is 30.3 Å². The first-order valence-electron chi connectivity index (χ1n) is 9.21. The van der Waals surface area contributed by atoms with E-state index in [-0.39, 0.29) is 37.0 Å². The Balaban J connectivity index is 1.42. The third kappa shape index (κ3) is 3.87. The minimum Gasteiger partial charge on any atom is -0.337 e. The van der Waals surface area contributed by atoms with Crippen LogP contribution >= 0.6 is 0 Å². The average molecular weight is 394 g/mol. The standard InChI is InChI=1S/C21H19FN4O3/c1-25(13-18-23-20(24-29-18)14-7-3-2-4-8-14)21(28)15-11-19(27)26(12-15)17-10-6-5-9-16(17)22/h2-10,15H,11-13H2,1H3. The lowest BCUT2D eigenvalue weighted by Crippen LogP contribution is -2.34. The van der Waals surface area contributed by atoms with E-state index in [0.717, 1.165) is 5.56 Å². The van der Waals surface area contributed by atoms with Crippen LogP contribution in [0.5, 0.6) is 0 Å². The average Bonchev–Trinajstić information content (AvgIpc) is 3.35. The van der Waals surface area contributed by atoms with Gasteiger partial charge in [0.2, 0.25) is 23.5 Å². The third-order valence-corrected chi connectivity index (χ3v) is 4.87. The van der Waals surface area contributed by atoms with Gasteiger partial charge >= 0.3 is 0 Å². The highest BCUT2D eigenvalue weighted by Crippen LogP contribution is 2.28. The maximum absolute atomic E-state index is 14.0. The summed E-state index contributed by atoms with van der Waals surface area (Å²) in [7, 11) is 1.62. The summed E-state index contributed by atoms with van der Waals surface area (Å²) in [5.41, 5.74) is 1.01. The Kier molecular flexibility index (Phi) is 5.07. The van der Waals surface area contributed by atoms with Crippen molar-refractivity contribution in [1.82, 2.24) is 15.0 Å². The van der Waals surface area contributed by atoms with E-state index < -0.39 is 11.7 Å². The van der Waals surface area contributed by atoms with Gasteiger partial charge in [0.15, 0.2) is 0 Å². The van der Waals surface area contributed by atoms with Crippen LogP contribution in [0.2, 0.25) is 0 Å². The molecule has 0 spiro atoms. The SMILES string of the molecule is CN(Cc1nc(-c2ccccc2)no1)C(=O)C1CC(=O)N(c2ccccc2F)C1. The molecule has 1 aliphatic heterocycles. The Hall–Kier alpha value is -3.55. The number of para-hydroxylation sites is 1. The zero-order valence-electron chi connectivity index (χ0n) is 15.8. The van der Waals surface area contributed by atoms with E-state index in [9.17, 15) is 14.0 Å². The quantitative estimate of drug-likeness (QED) is 0.665. The van der Waals surface area contributed by atoms with Gasteiger partial charge in [-0.2, -0.15) is 4.98 Å². The van der Waals surface area contributed by atoms with Crippen LogP contribution in [-0.2, 0) is 16.1 Å². The summed E-state index contributed by atoms with van der Waals surface area (Å²) in [4.78, 5) is 32.2. The van der Waals surface area contributed by atoms with Crippen LogP contribution in [-0.4, -0.2) is 40.4 Å². The predicted octanol–water partition coefficient (Wildman–Crippen LogP) is 2.89. The summed E-state index contributed by atoms with van der Waals surface area (Å²) in [6.45, 7) is 0.269. The molecule has 1 atom stereocenters. The number of nitrogens with zero attached hydrogens (tertiary/aromatic N) is 4. The lowest BCUT2D eigenvalue weighted by atomic mass is 10.1. The van der Waals surface area contributed by atoms with Gasteiger partial charge in [-0.3, -0.25) is 9.59 Å². The van der Waals surface area contributed by atoms with Gasteiger partial charge in [0.1, 0.15) is 5.82 Å². The van der Waals surface area contributed by atoms with Gasteiger partial charge in [-0.1, -0.05) is 47.6 Å². The summed E-state index contributed by atoms with van der Waals surface area (Å²) < 4.78 is 19.3. The first-order chi connectivity index (χ1) is 14.0. The van der Waals surface area contributed by atoms with Crippen LogP contribution in [0.4, 0.5) is 10.1 Å². The number of rotatable bonds is 5. The maximum atomic E-state index is 14.0. The van der Waals surface area contributed by atoms with Crippen LogP contribution in [0.1, 0.15) is 12.3 Å². The van der Waals surface area contributed by atoms with E-state index >= 15 is 0 Å². The summed E-state index contributed by atoms with van der Waals surface area (Å²) in [6.07, 6.45) is 0.0383. The second-order valence-corrected chi connectivity index (χ2v) is 6.93. The topological polar surface area (TPSA) is 79.5 Å².